The molecule has 1 aliphatic rings. The highest BCUT2D eigenvalue weighted by atomic mass is 15.0. The van der Waals surface area contributed by atoms with Crippen LogP contribution in [0.15, 0.2) is 78.9 Å². The van der Waals surface area contributed by atoms with Gasteiger partial charge < -0.3 is 4.57 Å². The van der Waals surface area contributed by atoms with Crippen LogP contribution in [0.25, 0.3) is 27.9 Å². The lowest BCUT2D eigenvalue weighted by molar-refractivity contribution is 0.967. The summed E-state index contributed by atoms with van der Waals surface area (Å²) >= 11 is 0. The van der Waals surface area contributed by atoms with Crippen molar-refractivity contribution in [3.05, 3.63) is 78.9 Å². The minimum Gasteiger partial charge on any atom is -0.313 e. The molecule has 3 aromatic rings. The van der Waals surface area contributed by atoms with Gasteiger partial charge in [-0.25, -0.2) is 0 Å². The molecule has 0 bridgehead atoms. The Morgan fingerprint density at radius 3 is 2.48 bits per heavy atom. The monoisotopic (exact) mass is 271 g/mol. The molecular weight excluding hydrogens is 254 g/mol. The van der Waals surface area contributed by atoms with Crippen molar-refractivity contribution in [2.45, 2.75) is 12.8 Å². The predicted octanol–water partition coefficient (Wildman–Crippen LogP) is 5.50. The lowest BCUT2D eigenvalue weighted by Crippen LogP contribution is -2.00. The SMILES string of the molecule is C1=CCCC(n2c(-c3ccccc3)cc3ccccc32)=C1. The lowest BCUT2D eigenvalue weighted by Gasteiger charge is -2.16. The van der Waals surface area contributed by atoms with Crippen molar-refractivity contribution in [1.82, 2.24) is 4.57 Å². The Bertz CT molecular complexity index is 835. The molecule has 102 valence electrons. The van der Waals surface area contributed by atoms with Crippen molar-refractivity contribution < 1.29 is 0 Å². The molecule has 1 aliphatic carbocycles. The van der Waals surface area contributed by atoms with Gasteiger partial charge in [0.1, 0.15) is 0 Å². The van der Waals surface area contributed by atoms with E-state index < -0.39 is 0 Å². The van der Waals surface area contributed by atoms with Gasteiger partial charge in [0.05, 0.1) is 11.2 Å². The highest BCUT2D eigenvalue weighted by molar-refractivity contribution is 5.91. The fraction of sp³-hybridized carbons (Fsp3) is 0.100. The molecule has 0 N–H and O–H groups in total. The van der Waals surface area contributed by atoms with E-state index in [-0.39, 0.29) is 0 Å². The fourth-order valence-electron chi connectivity index (χ4n) is 3.06. The van der Waals surface area contributed by atoms with E-state index in [4.69, 9.17) is 0 Å². The van der Waals surface area contributed by atoms with E-state index in [1.165, 1.54) is 27.9 Å². The zero-order valence-electron chi connectivity index (χ0n) is 11.9. The molecule has 1 heteroatoms. The Morgan fingerprint density at radius 2 is 1.67 bits per heavy atom. The molecule has 0 spiro atoms. The lowest BCUT2D eigenvalue weighted by atomic mass is 10.1. The predicted molar refractivity (Wildman–Crippen MR) is 90.0 cm³/mol. The van der Waals surface area contributed by atoms with Crippen LogP contribution in [0.5, 0.6) is 0 Å². The van der Waals surface area contributed by atoms with E-state index in [0.717, 1.165) is 12.8 Å². The van der Waals surface area contributed by atoms with Gasteiger partial charge in [-0.3, -0.25) is 0 Å². The first-order chi connectivity index (χ1) is 10.4. The van der Waals surface area contributed by atoms with Crippen molar-refractivity contribution in [2.24, 2.45) is 0 Å². The van der Waals surface area contributed by atoms with E-state index in [1.54, 1.807) is 0 Å². The van der Waals surface area contributed by atoms with Gasteiger partial charge in [0, 0.05) is 11.1 Å². The number of benzene rings is 2. The number of nitrogens with zero attached hydrogens (tertiary/aromatic N) is 1. The van der Waals surface area contributed by atoms with Gasteiger partial charge >= 0.3 is 0 Å². The Hall–Kier alpha value is -2.54. The number of para-hydroxylation sites is 1. The smallest absolute Gasteiger partial charge is 0.0537 e. The molecule has 1 aromatic heterocycles. The zero-order chi connectivity index (χ0) is 14.1. The van der Waals surface area contributed by atoms with Crippen LogP contribution in [-0.2, 0) is 0 Å². The topological polar surface area (TPSA) is 4.93 Å². The zero-order valence-corrected chi connectivity index (χ0v) is 11.9. The molecule has 21 heavy (non-hydrogen) atoms. The molecule has 0 amide bonds. The molecule has 4 rings (SSSR count). The molecule has 0 saturated heterocycles. The fourth-order valence-corrected chi connectivity index (χ4v) is 3.06. The molecule has 0 atom stereocenters. The number of hydrogen-bond donors (Lipinski definition) is 0. The van der Waals surface area contributed by atoms with Crippen LogP contribution in [0.1, 0.15) is 12.8 Å². The Morgan fingerprint density at radius 1 is 0.857 bits per heavy atom. The highest BCUT2D eigenvalue weighted by Gasteiger charge is 2.13. The molecule has 0 unspecified atom stereocenters. The van der Waals surface area contributed by atoms with Gasteiger partial charge in [-0.05, 0) is 36.6 Å². The Balaban J connectivity index is 2.02. The van der Waals surface area contributed by atoms with Crippen LogP contribution in [0.4, 0.5) is 0 Å². The Kier molecular flexibility index (Phi) is 2.97. The van der Waals surface area contributed by atoms with Crippen LogP contribution in [0.3, 0.4) is 0 Å². The van der Waals surface area contributed by atoms with Gasteiger partial charge in [-0.2, -0.15) is 0 Å². The number of fused-ring (bicyclic) bond motifs is 1. The maximum atomic E-state index is 2.41. The number of aromatic nitrogens is 1. The summed E-state index contributed by atoms with van der Waals surface area (Å²) in [5.74, 6) is 0. The maximum absolute atomic E-state index is 2.41. The second kappa shape index (κ2) is 5.10. The normalized spacial score (nSPS) is 14.4. The first-order valence-corrected chi connectivity index (χ1v) is 7.45. The molecule has 0 aliphatic heterocycles. The molecule has 0 radical (unpaired) electrons. The molecule has 1 heterocycles. The van der Waals surface area contributed by atoms with Crippen LogP contribution in [0.2, 0.25) is 0 Å². The maximum Gasteiger partial charge on any atom is 0.0537 e. The van der Waals surface area contributed by atoms with Gasteiger partial charge in [0.25, 0.3) is 0 Å². The van der Waals surface area contributed by atoms with E-state index >= 15 is 0 Å². The third-order valence-electron chi connectivity index (χ3n) is 4.06. The first kappa shape index (κ1) is 12.2. The summed E-state index contributed by atoms with van der Waals surface area (Å²) in [5.41, 5.74) is 5.21. The van der Waals surface area contributed by atoms with E-state index in [2.05, 4.69) is 83.5 Å². The molecule has 0 fully saturated rings. The van der Waals surface area contributed by atoms with Gasteiger partial charge in [-0.1, -0.05) is 60.7 Å². The van der Waals surface area contributed by atoms with E-state index in [1.807, 2.05) is 0 Å². The minimum absolute atomic E-state index is 1.09. The van der Waals surface area contributed by atoms with Crippen molar-refractivity contribution in [1.29, 1.82) is 0 Å². The summed E-state index contributed by atoms with van der Waals surface area (Å²) < 4.78 is 2.41. The van der Waals surface area contributed by atoms with Crippen LogP contribution >= 0.6 is 0 Å². The molecule has 1 nitrogen and oxygen atoms in total. The summed E-state index contributed by atoms with van der Waals surface area (Å²) in [6.45, 7) is 0. The van der Waals surface area contributed by atoms with Crippen LogP contribution < -0.4 is 0 Å². The number of rotatable bonds is 2. The summed E-state index contributed by atoms with van der Waals surface area (Å²) in [6.07, 6.45) is 8.85. The average Bonchev–Trinajstić information content (AvgIpc) is 2.96. The quantitative estimate of drug-likeness (QED) is 0.580. The highest BCUT2D eigenvalue weighted by Crippen LogP contribution is 2.33. The molecule has 2 aromatic carbocycles. The van der Waals surface area contributed by atoms with Crippen LogP contribution in [0, 0.1) is 0 Å². The van der Waals surface area contributed by atoms with Crippen molar-refractivity contribution in [3.8, 4) is 11.3 Å². The van der Waals surface area contributed by atoms with E-state index in [0.29, 0.717) is 0 Å². The van der Waals surface area contributed by atoms with E-state index in [9.17, 15) is 0 Å². The third-order valence-corrected chi connectivity index (χ3v) is 4.06. The summed E-state index contributed by atoms with van der Waals surface area (Å²) in [4.78, 5) is 0. The number of hydrogen-bond acceptors (Lipinski definition) is 0. The summed E-state index contributed by atoms with van der Waals surface area (Å²) in [5, 5.41) is 1.30. The third kappa shape index (κ3) is 2.11. The van der Waals surface area contributed by atoms with Gasteiger partial charge in [0.15, 0.2) is 0 Å². The molecule has 0 saturated carbocycles. The van der Waals surface area contributed by atoms with Gasteiger partial charge in [0.2, 0.25) is 0 Å². The first-order valence-electron chi connectivity index (χ1n) is 7.45. The average molecular weight is 271 g/mol. The van der Waals surface area contributed by atoms with Crippen LogP contribution in [-0.4, -0.2) is 4.57 Å². The largest absolute Gasteiger partial charge is 0.313 e. The second-order valence-corrected chi connectivity index (χ2v) is 5.41. The summed E-state index contributed by atoms with van der Waals surface area (Å²) in [6, 6.07) is 21.6. The van der Waals surface area contributed by atoms with Crippen molar-refractivity contribution >= 4 is 16.6 Å². The summed E-state index contributed by atoms with van der Waals surface area (Å²) in [7, 11) is 0. The second-order valence-electron chi connectivity index (χ2n) is 5.41. The van der Waals surface area contributed by atoms with Crippen molar-refractivity contribution in [3.63, 3.8) is 0 Å². The molecular formula is C20H17N. The Labute approximate surface area is 124 Å². The van der Waals surface area contributed by atoms with Crippen molar-refractivity contribution in [2.75, 3.05) is 0 Å². The number of allylic oxidation sites excluding steroid dienone is 4. The standard InChI is InChI=1S/C20H17N/c1-3-9-16(10-4-1)20-15-17-11-7-8-14-19(17)21(20)18-12-5-2-6-13-18/h1-5,7-12,14-15H,6,13H2. The minimum atomic E-state index is 1.09. The van der Waals surface area contributed by atoms with Gasteiger partial charge in [-0.15, -0.1) is 0 Å².